The Morgan fingerprint density at radius 1 is 1.12 bits per heavy atom. The standard InChI is InChI=1S/C17H22N4O3S/c22-8-3-9-25(23,24)17-19-16(20-21-17)18-15-13-6-1-4-11(13)10-12-5-2-7-14(12)15/h10,22H,1-9H2,(H2,18,19,20,21). The first-order valence-corrected chi connectivity index (χ1v) is 10.4. The quantitative estimate of drug-likeness (QED) is 0.722. The van der Waals surface area contributed by atoms with Crippen LogP contribution in [0.5, 0.6) is 0 Å². The van der Waals surface area contributed by atoms with Crippen LogP contribution < -0.4 is 5.32 Å². The molecule has 0 amide bonds. The Kier molecular flexibility index (Phi) is 4.24. The summed E-state index contributed by atoms with van der Waals surface area (Å²) in [4.78, 5) is 4.13. The maximum Gasteiger partial charge on any atom is 0.247 e. The van der Waals surface area contributed by atoms with E-state index in [1.807, 2.05) is 0 Å². The van der Waals surface area contributed by atoms with Gasteiger partial charge in [0, 0.05) is 12.3 Å². The third-order valence-corrected chi connectivity index (χ3v) is 6.64. The smallest absolute Gasteiger partial charge is 0.247 e. The number of aliphatic hydroxyl groups is 1. The number of fused-ring (bicyclic) bond motifs is 2. The molecule has 0 fully saturated rings. The van der Waals surface area contributed by atoms with Crippen LogP contribution in [0.15, 0.2) is 11.2 Å². The highest BCUT2D eigenvalue weighted by molar-refractivity contribution is 7.91. The van der Waals surface area contributed by atoms with Gasteiger partial charge in [-0.2, -0.15) is 4.98 Å². The maximum absolute atomic E-state index is 12.2. The average molecular weight is 362 g/mol. The molecule has 0 spiro atoms. The molecule has 0 atom stereocenters. The van der Waals surface area contributed by atoms with Crippen molar-refractivity contribution in [3.63, 3.8) is 0 Å². The molecular formula is C17H22N4O3S. The van der Waals surface area contributed by atoms with Gasteiger partial charge in [-0.05, 0) is 67.2 Å². The van der Waals surface area contributed by atoms with Crippen LogP contribution >= 0.6 is 0 Å². The lowest BCUT2D eigenvalue weighted by Gasteiger charge is -2.15. The van der Waals surface area contributed by atoms with Gasteiger partial charge in [-0.25, -0.2) is 13.5 Å². The molecular weight excluding hydrogens is 340 g/mol. The Bertz CT molecular complexity index is 873. The van der Waals surface area contributed by atoms with Crippen molar-refractivity contribution in [2.24, 2.45) is 0 Å². The Morgan fingerprint density at radius 3 is 2.44 bits per heavy atom. The van der Waals surface area contributed by atoms with Gasteiger partial charge in [-0.15, -0.1) is 5.10 Å². The summed E-state index contributed by atoms with van der Waals surface area (Å²) in [5.41, 5.74) is 6.54. The summed E-state index contributed by atoms with van der Waals surface area (Å²) < 4.78 is 24.3. The molecule has 0 radical (unpaired) electrons. The van der Waals surface area contributed by atoms with Crippen LogP contribution in [0.3, 0.4) is 0 Å². The molecule has 1 aromatic carbocycles. The predicted molar refractivity (Wildman–Crippen MR) is 93.9 cm³/mol. The molecule has 0 saturated carbocycles. The van der Waals surface area contributed by atoms with Crippen molar-refractivity contribution in [1.82, 2.24) is 15.2 Å². The summed E-state index contributed by atoms with van der Waals surface area (Å²) in [5.74, 6) is 0.144. The van der Waals surface area contributed by atoms with Crippen LogP contribution in [-0.4, -0.2) is 41.1 Å². The van der Waals surface area contributed by atoms with E-state index in [0.717, 1.165) is 44.2 Å². The van der Waals surface area contributed by atoms with Crippen molar-refractivity contribution in [3.05, 3.63) is 28.3 Å². The molecule has 134 valence electrons. The summed E-state index contributed by atoms with van der Waals surface area (Å²) in [6.45, 7) is -0.166. The molecule has 4 rings (SSSR count). The van der Waals surface area contributed by atoms with E-state index in [9.17, 15) is 8.42 Å². The Balaban J connectivity index is 1.64. The van der Waals surface area contributed by atoms with E-state index in [1.165, 1.54) is 22.3 Å². The van der Waals surface area contributed by atoms with Gasteiger partial charge in [0.1, 0.15) is 0 Å². The van der Waals surface area contributed by atoms with E-state index in [-0.39, 0.29) is 29.9 Å². The molecule has 2 aromatic rings. The summed E-state index contributed by atoms with van der Waals surface area (Å²) >= 11 is 0. The first-order chi connectivity index (χ1) is 12.1. The number of aryl methyl sites for hydroxylation is 2. The topological polar surface area (TPSA) is 108 Å². The molecule has 7 nitrogen and oxygen atoms in total. The molecule has 0 unspecified atom stereocenters. The molecule has 1 heterocycles. The first-order valence-electron chi connectivity index (χ1n) is 8.78. The Labute approximate surface area is 146 Å². The lowest BCUT2D eigenvalue weighted by Crippen LogP contribution is -2.10. The molecule has 2 aliphatic carbocycles. The minimum atomic E-state index is -3.55. The average Bonchev–Trinajstić information content (AvgIpc) is 3.32. The maximum atomic E-state index is 12.2. The zero-order valence-electron chi connectivity index (χ0n) is 14.0. The normalized spacial score (nSPS) is 16.0. The lowest BCUT2D eigenvalue weighted by atomic mass is 9.99. The SMILES string of the molecule is O=S(=O)(CCCO)c1nc(Nc2c3c(cc4c2CCC4)CCC3)n[nH]1. The molecule has 3 N–H and O–H groups in total. The minimum absolute atomic E-state index is 0.145. The van der Waals surface area contributed by atoms with E-state index in [1.54, 1.807) is 0 Å². The van der Waals surface area contributed by atoms with Gasteiger partial charge in [0.05, 0.1) is 5.75 Å². The van der Waals surface area contributed by atoms with Crippen LogP contribution in [0.2, 0.25) is 0 Å². The largest absolute Gasteiger partial charge is 0.396 e. The van der Waals surface area contributed by atoms with Crippen LogP contribution in [0, 0.1) is 0 Å². The first kappa shape index (κ1) is 16.5. The second kappa shape index (κ2) is 6.42. The second-order valence-electron chi connectivity index (χ2n) is 6.72. The number of aromatic nitrogens is 3. The van der Waals surface area contributed by atoms with Crippen molar-refractivity contribution in [1.29, 1.82) is 0 Å². The molecule has 2 aliphatic rings. The Hall–Kier alpha value is -1.93. The number of sulfone groups is 1. The van der Waals surface area contributed by atoms with Crippen molar-refractivity contribution < 1.29 is 13.5 Å². The fraction of sp³-hybridized carbons (Fsp3) is 0.529. The van der Waals surface area contributed by atoms with E-state index >= 15 is 0 Å². The number of nitrogens with zero attached hydrogens (tertiary/aromatic N) is 2. The van der Waals surface area contributed by atoms with Crippen molar-refractivity contribution in [2.75, 3.05) is 17.7 Å². The van der Waals surface area contributed by atoms with Crippen molar-refractivity contribution >= 4 is 21.5 Å². The second-order valence-corrected chi connectivity index (χ2v) is 8.74. The van der Waals surface area contributed by atoms with Crippen LogP contribution in [0.1, 0.15) is 41.5 Å². The number of H-pyrrole nitrogens is 1. The zero-order chi connectivity index (χ0) is 17.4. The summed E-state index contributed by atoms with van der Waals surface area (Å²) in [6.07, 6.45) is 6.78. The van der Waals surface area contributed by atoms with E-state index < -0.39 is 9.84 Å². The fourth-order valence-corrected chi connectivity index (χ4v) is 4.98. The highest BCUT2D eigenvalue weighted by Crippen LogP contribution is 2.39. The van der Waals surface area contributed by atoms with Gasteiger partial charge in [0.15, 0.2) is 0 Å². The van der Waals surface area contributed by atoms with Gasteiger partial charge < -0.3 is 10.4 Å². The zero-order valence-corrected chi connectivity index (χ0v) is 14.8. The number of hydrogen-bond acceptors (Lipinski definition) is 6. The molecule has 0 saturated heterocycles. The number of hydrogen-bond donors (Lipinski definition) is 3. The van der Waals surface area contributed by atoms with Crippen LogP contribution in [0.4, 0.5) is 11.6 Å². The lowest BCUT2D eigenvalue weighted by molar-refractivity contribution is 0.295. The number of aromatic amines is 1. The van der Waals surface area contributed by atoms with Crippen LogP contribution in [-0.2, 0) is 35.5 Å². The number of benzene rings is 1. The molecule has 0 aliphatic heterocycles. The minimum Gasteiger partial charge on any atom is -0.396 e. The van der Waals surface area contributed by atoms with E-state index in [2.05, 4.69) is 26.6 Å². The number of rotatable bonds is 6. The highest BCUT2D eigenvalue weighted by atomic mass is 32.2. The molecule has 25 heavy (non-hydrogen) atoms. The number of anilines is 2. The van der Waals surface area contributed by atoms with Gasteiger partial charge in [-0.1, -0.05) is 6.07 Å². The number of nitrogens with one attached hydrogen (secondary N) is 2. The monoisotopic (exact) mass is 362 g/mol. The van der Waals surface area contributed by atoms with Gasteiger partial charge in [-0.3, -0.25) is 0 Å². The van der Waals surface area contributed by atoms with Crippen molar-refractivity contribution in [3.8, 4) is 0 Å². The van der Waals surface area contributed by atoms with Gasteiger partial charge in [0.2, 0.25) is 20.9 Å². The fourth-order valence-electron chi connectivity index (χ4n) is 3.87. The summed E-state index contributed by atoms with van der Waals surface area (Å²) in [6, 6.07) is 2.35. The third kappa shape index (κ3) is 3.04. The predicted octanol–water partition coefficient (Wildman–Crippen LogP) is 1.68. The molecule has 8 heteroatoms. The van der Waals surface area contributed by atoms with Crippen LogP contribution in [0.25, 0.3) is 0 Å². The van der Waals surface area contributed by atoms with E-state index in [4.69, 9.17) is 5.11 Å². The molecule has 0 bridgehead atoms. The summed E-state index contributed by atoms with van der Waals surface area (Å²) in [7, 11) is -3.55. The van der Waals surface area contributed by atoms with E-state index in [0.29, 0.717) is 0 Å². The summed E-state index contributed by atoms with van der Waals surface area (Å²) in [5, 5.41) is 18.5. The highest BCUT2D eigenvalue weighted by Gasteiger charge is 2.25. The third-order valence-electron chi connectivity index (χ3n) is 5.04. The Morgan fingerprint density at radius 2 is 1.80 bits per heavy atom. The number of aliphatic hydroxyl groups excluding tert-OH is 1. The molecule has 1 aromatic heterocycles. The van der Waals surface area contributed by atoms with Gasteiger partial charge in [0.25, 0.3) is 0 Å². The van der Waals surface area contributed by atoms with Gasteiger partial charge >= 0.3 is 0 Å². The van der Waals surface area contributed by atoms with Crippen molar-refractivity contribution in [2.45, 2.75) is 50.1 Å².